The zero-order valence-corrected chi connectivity index (χ0v) is 11.0. The average molecular weight is 277 g/mol. The Morgan fingerprint density at radius 2 is 1.83 bits per heavy atom. The van der Waals surface area contributed by atoms with Crippen LogP contribution in [0.2, 0.25) is 5.02 Å². The van der Waals surface area contributed by atoms with Gasteiger partial charge in [0.1, 0.15) is 0 Å². The third-order valence-electron chi connectivity index (χ3n) is 2.88. The summed E-state index contributed by atoms with van der Waals surface area (Å²) < 4.78 is 1.94. The highest BCUT2D eigenvalue weighted by Gasteiger charge is 2.14. The standard InChI is InChI=1S/C14H10Cl2N2/c15-9-12-13(10-5-2-1-3-6-10)17-14-11(16)7-4-8-18(12)14/h1-8H,9H2. The lowest BCUT2D eigenvalue weighted by atomic mass is 10.1. The van der Waals surface area contributed by atoms with Crippen LogP contribution in [0.4, 0.5) is 0 Å². The lowest BCUT2D eigenvalue weighted by Crippen LogP contribution is -1.90. The third-order valence-corrected chi connectivity index (χ3v) is 3.42. The molecule has 0 amide bonds. The van der Waals surface area contributed by atoms with Crippen LogP contribution in [0, 0.1) is 0 Å². The number of fused-ring (bicyclic) bond motifs is 1. The fourth-order valence-electron chi connectivity index (χ4n) is 2.04. The van der Waals surface area contributed by atoms with Crippen LogP contribution in [0.25, 0.3) is 16.9 Å². The molecule has 4 heteroatoms. The normalized spacial score (nSPS) is 11.0. The molecule has 0 atom stereocenters. The molecule has 0 aliphatic heterocycles. The lowest BCUT2D eigenvalue weighted by molar-refractivity contribution is 1.09. The number of pyridine rings is 1. The highest BCUT2D eigenvalue weighted by atomic mass is 35.5. The molecule has 0 saturated carbocycles. The number of aromatic nitrogens is 2. The predicted octanol–water partition coefficient (Wildman–Crippen LogP) is 4.39. The van der Waals surface area contributed by atoms with Crippen molar-refractivity contribution in [2.45, 2.75) is 5.88 Å². The van der Waals surface area contributed by atoms with Crippen molar-refractivity contribution in [2.75, 3.05) is 0 Å². The van der Waals surface area contributed by atoms with Crippen LogP contribution in [-0.2, 0) is 5.88 Å². The van der Waals surface area contributed by atoms with Gasteiger partial charge < -0.3 is 4.40 Å². The van der Waals surface area contributed by atoms with Crippen molar-refractivity contribution < 1.29 is 0 Å². The number of nitrogens with zero attached hydrogens (tertiary/aromatic N) is 2. The van der Waals surface area contributed by atoms with Crippen LogP contribution in [-0.4, -0.2) is 9.38 Å². The van der Waals surface area contributed by atoms with Crippen LogP contribution >= 0.6 is 23.2 Å². The largest absolute Gasteiger partial charge is 0.301 e. The summed E-state index contributed by atoms with van der Waals surface area (Å²) >= 11 is 12.2. The Kier molecular flexibility index (Phi) is 2.98. The molecule has 0 radical (unpaired) electrons. The highest BCUT2D eigenvalue weighted by molar-refractivity contribution is 6.33. The van der Waals surface area contributed by atoms with Gasteiger partial charge in [-0.2, -0.15) is 0 Å². The first kappa shape index (κ1) is 11.6. The molecular weight excluding hydrogens is 267 g/mol. The maximum atomic E-state index is 6.16. The van der Waals surface area contributed by atoms with E-state index in [4.69, 9.17) is 23.2 Å². The summed E-state index contributed by atoms with van der Waals surface area (Å²) in [4.78, 5) is 4.60. The lowest BCUT2D eigenvalue weighted by Gasteiger charge is -2.01. The predicted molar refractivity (Wildman–Crippen MR) is 75.2 cm³/mol. The number of rotatable bonds is 2. The topological polar surface area (TPSA) is 17.3 Å². The number of alkyl halides is 1. The fourth-order valence-corrected chi connectivity index (χ4v) is 2.50. The second kappa shape index (κ2) is 4.63. The van der Waals surface area contributed by atoms with Gasteiger partial charge in [0.15, 0.2) is 5.65 Å². The summed E-state index contributed by atoms with van der Waals surface area (Å²) in [7, 11) is 0. The molecule has 3 aromatic rings. The van der Waals surface area contributed by atoms with E-state index in [0.29, 0.717) is 10.9 Å². The monoisotopic (exact) mass is 276 g/mol. The van der Waals surface area contributed by atoms with Crippen LogP contribution in [0.1, 0.15) is 5.69 Å². The van der Waals surface area contributed by atoms with Gasteiger partial charge in [0.05, 0.1) is 22.3 Å². The van der Waals surface area contributed by atoms with Gasteiger partial charge >= 0.3 is 0 Å². The van der Waals surface area contributed by atoms with Gasteiger partial charge in [-0.1, -0.05) is 41.9 Å². The van der Waals surface area contributed by atoms with Crippen molar-refractivity contribution in [3.05, 3.63) is 59.4 Å². The van der Waals surface area contributed by atoms with E-state index in [9.17, 15) is 0 Å². The molecule has 90 valence electrons. The van der Waals surface area contributed by atoms with E-state index in [1.54, 1.807) is 0 Å². The van der Waals surface area contributed by atoms with Crippen LogP contribution in [0.15, 0.2) is 48.7 Å². The first-order valence-electron chi connectivity index (χ1n) is 5.58. The average Bonchev–Trinajstić information content (AvgIpc) is 2.80. The van der Waals surface area contributed by atoms with E-state index in [0.717, 1.165) is 22.6 Å². The van der Waals surface area contributed by atoms with E-state index in [1.807, 2.05) is 53.1 Å². The quantitative estimate of drug-likeness (QED) is 0.635. The summed E-state index contributed by atoms with van der Waals surface area (Å²) in [5.41, 5.74) is 3.64. The number of halogens is 2. The molecule has 3 rings (SSSR count). The molecule has 2 heterocycles. The fraction of sp³-hybridized carbons (Fsp3) is 0.0714. The molecule has 0 unspecified atom stereocenters. The van der Waals surface area contributed by atoms with E-state index < -0.39 is 0 Å². The molecule has 0 spiro atoms. The summed E-state index contributed by atoms with van der Waals surface area (Å²) in [6.07, 6.45) is 1.93. The molecule has 2 aromatic heterocycles. The van der Waals surface area contributed by atoms with Crippen LogP contribution < -0.4 is 0 Å². The highest BCUT2D eigenvalue weighted by Crippen LogP contribution is 2.28. The molecule has 0 bridgehead atoms. The Bertz CT molecular complexity index is 690. The van der Waals surface area contributed by atoms with Gasteiger partial charge in [-0.3, -0.25) is 0 Å². The second-order valence-electron chi connectivity index (χ2n) is 3.96. The van der Waals surface area contributed by atoms with Crippen molar-refractivity contribution >= 4 is 28.8 Å². The molecule has 0 saturated heterocycles. The number of hydrogen-bond donors (Lipinski definition) is 0. The van der Waals surface area contributed by atoms with Gasteiger partial charge in [-0.25, -0.2) is 4.98 Å². The molecular formula is C14H10Cl2N2. The zero-order valence-electron chi connectivity index (χ0n) is 9.48. The number of hydrogen-bond acceptors (Lipinski definition) is 1. The Morgan fingerprint density at radius 3 is 2.56 bits per heavy atom. The minimum atomic E-state index is 0.395. The van der Waals surface area contributed by atoms with Crippen molar-refractivity contribution in [3.8, 4) is 11.3 Å². The molecule has 0 fully saturated rings. The summed E-state index contributed by atoms with van der Waals surface area (Å²) in [5.74, 6) is 0.395. The smallest absolute Gasteiger partial charge is 0.156 e. The number of benzene rings is 1. The number of imidazole rings is 1. The Morgan fingerprint density at radius 1 is 1.06 bits per heavy atom. The summed E-state index contributed by atoms with van der Waals surface area (Å²) in [6, 6.07) is 13.7. The molecule has 0 N–H and O–H groups in total. The SMILES string of the molecule is ClCc1c(-c2ccccc2)nc2c(Cl)cccn12. The molecule has 0 aliphatic carbocycles. The van der Waals surface area contributed by atoms with Gasteiger partial charge in [0.25, 0.3) is 0 Å². The minimum Gasteiger partial charge on any atom is -0.301 e. The first-order valence-corrected chi connectivity index (χ1v) is 6.49. The minimum absolute atomic E-state index is 0.395. The molecule has 18 heavy (non-hydrogen) atoms. The summed E-state index contributed by atoms with van der Waals surface area (Å²) in [6.45, 7) is 0. The van der Waals surface area contributed by atoms with Gasteiger partial charge in [-0.15, -0.1) is 11.6 Å². The Balaban J connectivity index is 2.33. The van der Waals surface area contributed by atoms with Crippen LogP contribution in [0.3, 0.4) is 0 Å². The molecule has 2 nitrogen and oxygen atoms in total. The van der Waals surface area contributed by atoms with Crippen molar-refractivity contribution in [1.29, 1.82) is 0 Å². The Hall–Kier alpha value is -1.51. The van der Waals surface area contributed by atoms with E-state index in [-0.39, 0.29) is 0 Å². The van der Waals surface area contributed by atoms with E-state index in [2.05, 4.69) is 4.98 Å². The molecule has 1 aromatic carbocycles. The second-order valence-corrected chi connectivity index (χ2v) is 4.63. The van der Waals surface area contributed by atoms with E-state index >= 15 is 0 Å². The van der Waals surface area contributed by atoms with E-state index in [1.165, 1.54) is 0 Å². The van der Waals surface area contributed by atoms with Gasteiger partial charge in [0, 0.05) is 11.8 Å². The summed E-state index contributed by atoms with van der Waals surface area (Å²) in [5, 5.41) is 0.631. The van der Waals surface area contributed by atoms with Crippen molar-refractivity contribution in [1.82, 2.24) is 9.38 Å². The maximum Gasteiger partial charge on any atom is 0.156 e. The maximum absolute atomic E-state index is 6.16. The van der Waals surface area contributed by atoms with Crippen LogP contribution in [0.5, 0.6) is 0 Å². The zero-order chi connectivity index (χ0) is 12.5. The third kappa shape index (κ3) is 1.78. The Labute approximate surface area is 115 Å². The van der Waals surface area contributed by atoms with Gasteiger partial charge in [0.2, 0.25) is 0 Å². The first-order chi connectivity index (χ1) is 8.81. The van der Waals surface area contributed by atoms with Gasteiger partial charge in [-0.05, 0) is 12.1 Å². The molecule has 0 aliphatic rings. The van der Waals surface area contributed by atoms with Crippen molar-refractivity contribution in [2.24, 2.45) is 0 Å². The van der Waals surface area contributed by atoms with Crippen molar-refractivity contribution in [3.63, 3.8) is 0 Å².